The van der Waals surface area contributed by atoms with E-state index in [1.165, 1.54) is 12.1 Å². The van der Waals surface area contributed by atoms with E-state index in [4.69, 9.17) is 9.97 Å². The van der Waals surface area contributed by atoms with Gasteiger partial charge in [-0.1, -0.05) is 30.3 Å². The number of hydrogen-bond donors (Lipinski definition) is 4. The van der Waals surface area contributed by atoms with E-state index in [1.54, 1.807) is 30.7 Å². The summed E-state index contributed by atoms with van der Waals surface area (Å²) >= 11 is 0. The number of hydrogen-bond acceptors (Lipinski definition) is 8. The topological polar surface area (TPSA) is 171 Å². The van der Waals surface area contributed by atoms with Crippen LogP contribution in [0.2, 0.25) is 0 Å². The Hall–Kier alpha value is -5.86. The number of sulfonamides is 1. The molecule has 5 heterocycles. The van der Waals surface area contributed by atoms with Gasteiger partial charge in [-0.15, -0.1) is 0 Å². The van der Waals surface area contributed by atoms with Gasteiger partial charge in [-0.25, -0.2) is 27.5 Å². The molecule has 0 aliphatic heterocycles. The lowest BCUT2D eigenvalue weighted by Gasteiger charge is -2.07. The molecule has 47 heavy (non-hydrogen) atoms. The minimum Gasteiger partial charge on any atom is -0.336 e. The second kappa shape index (κ2) is 12.2. The molecule has 7 rings (SSSR count). The van der Waals surface area contributed by atoms with Gasteiger partial charge in [0.05, 0.1) is 47.0 Å². The minimum absolute atomic E-state index is 0.0723. The molecule has 5 aromatic heterocycles. The van der Waals surface area contributed by atoms with Crippen LogP contribution in [-0.2, 0) is 27.8 Å². The predicted molar refractivity (Wildman–Crippen MR) is 176 cm³/mol. The van der Waals surface area contributed by atoms with Gasteiger partial charge in [-0.2, -0.15) is 5.10 Å². The quantitative estimate of drug-likeness (QED) is 0.170. The smallest absolute Gasteiger partial charge is 0.228 e. The first kappa shape index (κ1) is 29.8. The van der Waals surface area contributed by atoms with Crippen molar-refractivity contribution in [3.63, 3.8) is 0 Å². The van der Waals surface area contributed by atoms with Crippen LogP contribution in [0.15, 0.2) is 91.4 Å². The van der Waals surface area contributed by atoms with Crippen LogP contribution in [0.4, 0.5) is 10.1 Å². The predicted octanol–water partition coefficient (Wildman–Crippen LogP) is 4.99. The van der Waals surface area contributed by atoms with E-state index in [0.717, 1.165) is 11.8 Å². The Morgan fingerprint density at radius 3 is 2.53 bits per heavy atom. The monoisotopic (exact) mass is 647 g/mol. The fraction of sp³-hybridized carbons (Fsp3) is 0.0909. The van der Waals surface area contributed by atoms with Crippen LogP contribution in [0.3, 0.4) is 0 Å². The molecule has 4 N–H and O–H groups in total. The number of nitrogens with zero attached hydrogens (tertiary/aromatic N) is 5. The number of amides is 1. The number of fused-ring (bicyclic) bond motifs is 2. The standard InChI is InChI=1S/C33H26FN9O3S/c1-47(45,46)37-16-20-11-21(14-23(34)12-20)29-30-26(9-10-36-29)40-33(41-30)32-31-27(42-43-32)8-7-25(39-31)22-15-24(18-35-17-22)38-28(44)13-19-5-3-2-4-6-19/h2-12,14-15,17-18,37H,13,16H2,1H3,(H,38,44)(H,40,41)(H,42,43). The van der Waals surface area contributed by atoms with Crippen molar-refractivity contribution in [3.05, 3.63) is 108 Å². The van der Waals surface area contributed by atoms with E-state index in [1.807, 2.05) is 48.5 Å². The highest BCUT2D eigenvalue weighted by molar-refractivity contribution is 7.88. The number of aromatic amines is 2. The highest BCUT2D eigenvalue weighted by atomic mass is 32.2. The maximum absolute atomic E-state index is 14.6. The molecule has 14 heteroatoms. The summed E-state index contributed by atoms with van der Waals surface area (Å²) in [6.07, 6.45) is 6.11. The van der Waals surface area contributed by atoms with E-state index in [0.29, 0.717) is 67.4 Å². The van der Waals surface area contributed by atoms with Crippen LogP contribution in [0.5, 0.6) is 0 Å². The lowest BCUT2D eigenvalue weighted by atomic mass is 10.1. The van der Waals surface area contributed by atoms with Crippen LogP contribution < -0.4 is 10.0 Å². The molecular formula is C33H26FN9O3S. The van der Waals surface area contributed by atoms with Crippen molar-refractivity contribution >= 4 is 43.7 Å². The maximum atomic E-state index is 14.6. The number of anilines is 1. The fourth-order valence-corrected chi connectivity index (χ4v) is 5.65. The van der Waals surface area contributed by atoms with Gasteiger partial charge >= 0.3 is 0 Å². The highest BCUT2D eigenvalue weighted by Crippen LogP contribution is 2.31. The molecule has 0 saturated carbocycles. The first-order chi connectivity index (χ1) is 22.7. The van der Waals surface area contributed by atoms with Gasteiger partial charge in [0.2, 0.25) is 15.9 Å². The van der Waals surface area contributed by atoms with Crippen LogP contribution in [0.25, 0.3) is 56.1 Å². The molecule has 0 radical (unpaired) electrons. The highest BCUT2D eigenvalue weighted by Gasteiger charge is 2.18. The summed E-state index contributed by atoms with van der Waals surface area (Å²) in [5, 5.41) is 10.4. The van der Waals surface area contributed by atoms with Gasteiger partial charge in [-0.3, -0.25) is 19.9 Å². The molecule has 0 saturated heterocycles. The number of nitrogens with one attached hydrogen (secondary N) is 4. The summed E-state index contributed by atoms with van der Waals surface area (Å²) in [5.41, 5.74) is 6.85. The first-order valence-corrected chi connectivity index (χ1v) is 16.3. The average Bonchev–Trinajstić information content (AvgIpc) is 3.68. The van der Waals surface area contributed by atoms with Crippen LogP contribution >= 0.6 is 0 Å². The lowest BCUT2D eigenvalue weighted by Crippen LogP contribution is -2.21. The molecule has 0 spiro atoms. The summed E-state index contributed by atoms with van der Waals surface area (Å²) in [7, 11) is -3.47. The van der Waals surface area contributed by atoms with Gasteiger partial charge in [0, 0.05) is 30.1 Å². The Bertz CT molecular complexity index is 2390. The molecule has 0 atom stereocenters. The molecule has 0 aliphatic carbocycles. The van der Waals surface area contributed by atoms with Crippen molar-refractivity contribution < 1.29 is 17.6 Å². The fourth-order valence-electron chi connectivity index (χ4n) is 5.22. The van der Waals surface area contributed by atoms with E-state index in [2.05, 4.69) is 35.2 Å². The third kappa shape index (κ3) is 6.59. The molecule has 12 nitrogen and oxygen atoms in total. The summed E-state index contributed by atoms with van der Waals surface area (Å²) in [4.78, 5) is 34.3. The number of carbonyl (C=O) groups is 1. The zero-order valence-corrected chi connectivity index (χ0v) is 25.6. The van der Waals surface area contributed by atoms with Gasteiger partial charge in [0.15, 0.2) is 11.5 Å². The second-order valence-electron chi connectivity index (χ2n) is 10.9. The number of carbonyl (C=O) groups excluding carboxylic acids is 1. The van der Waals surface area contributed by atoms with Crippen LogP contribution in [0, 0.1) is 5.82 Å². The Morgan fingerprint density at radius 1 is 0.872 bits per heavy atom. The Morgan fingerprint density at radius 2 is 1.70 bits per heavy atom. The van der Waals surface area contributed by atoms with E-state index in [-0.39, 0.29) is 18.9 Å². The zero-order chi connectivity index (χ0) is 32.5. The number of aromatic nitrogens is 7. The number of H-pyrrole nitrogens is 2. The summed E-state index contributed by atoms with van der Waals surface area (Å²) < 4.78 is 40.1. The third-order valence-electron chi connectivity index (χ3n) is 7.33. The molecule has 0 fully saturated rings. The molecule has 0 bridgehead atoms. The first-order valence-electron chi connectivity index (χ1n) is 14.4. The SMILES string of the molecule is CS(=O)(=O)NCc1cc(F)cc(-c2nccc3[nH]c(-c4n[nH]c5ccc(-c6cncc(NC(=O)Cc7ccccc7)c6)nc45)nc23)c1. The van der Waals surface area contributed by atoms with Crippen LogP contribution in [0.1, 0.15) is 11.1 Å². The normalized spacial score (nSPS) is 11.7. The van der Waals surface area contributed by atoms with Crippen molar-refractivity contribution in [2.45, 2.75) is 13.0 Å². The third-order valence-corrected chi connectivity index (χ3v) is 8.00. The van der Waals surface area contributed by atoms with Crippen molar-refractivity contribution in [2.24, 2.45) is 0 Å². The molecule has 7 aromatic rings. The van der Waals surface area contributed by atoms with Crippen molar-refractivity contribution in [1.29, 1.82) is 0 Å². The summed E-state index contributed by atoms with van der Waals surface area (Å²) in [5.74, 6) is -0.276. The van der Waals surface area contributed by atoms with Gasteiger partial charge < -0.3 is 10.3 Å². The van der Waals surface area contributed by atoms with Crippen molar-refractivity contribution in [1.82, 2.24) is 39.8 Å². The summed E-state index contributed by atoms with van der Waals surface area (Å²) in [6.45, 7) is -0.0723. The second-order valence-corrected chi connectivity index (χ2v) is 12.8. The molecule has 1 amide bonds. The molecule has 2 aromatic carbocycles. The van der Waals surface area contributed by atoms with Crippen molar-refractivity contribution in [2.75, 3.05) is 11.6 Å². The lowest BCUT2D eigenvalue weighted by molar-refractivity contribution is -0.115. The number of pyridine rings is 3. The van der Waals surface area contributed by atoms with Crippen molar-refractivity contribution in [3.8, 4) is 34.0 Å². The average molecular weight is 648 g/mol. The van der Waals surface area contributed by atoms with E-state index in [9.17, 15) is 17.6 Å². The Labute approximate surface area is 267 Å². The Balaban J connectivity index is 1.20. The Kier molecular flexibility index (Phi) is 7.71. The molecular weight excluding hydrogens is 621 g/mol. The number of halogens is 1. The summed E-state index contributed by atoms with van der Waals surface area (Å²) in [6, 6.07) is 21.0. The van der Waals surface area contributed by atoms with E-state index < -0.39 is 15.8 Å². The van der Waals surface area contributed by atoms with E-state index >= 15 is 0 Å². The molecule has 234 valence electrons. The zero-order valence-electron chi connectivity index (χ0n) is 24.8. The minimum atomic E-state index is -3.47. The van der Waals surface area contributed by atoms with Gasteiger partial charge in [-0.05, 0) is 53.6 Å². The molecule has 0 aliphatic rings. The number of benzene rings is 2. The van der Waals surface area contributed by atoms with Gasteiger partial charge in [0.1, 0.15) is 16.9 Å². The van der Waals surface area contributed by atoms with Gasteiger partial charge in [0.25, 0.3) is 0 Å². The largest absolute Gasteiger partial charge is 0.336 e. The van der Waals surface area contributed by atoms with Crippen LogP contribution in [-0.4, -0.2) is 55.7 Å². The maximum Gasteiger partial charge on any atom is 0.228 e. The number of imidazole rings is 1. The number of rotatable bonds is 9. The molecule has 0 unspecified atom stereocenters.